The molecular weight excluding hydrogens is 362 g/mol. The zero-order chi connectivity index (χ0) is 19.3. The van der Waals surface area contributed by atoms with Gasteiger partial charge in [0, 0.05) is 39.0 Å². The number of hydrogen-bond acceptors (Lipinski definition) is 2. The van der Waals surface area contributed by atoms with Crippen LogP contribution in [0.2, 0.25) is 0 Å². The van der Waals surface area contributed by atoms with E-state index in [1.807, 2.05) is 48.5 Å². The fraction of sp³-hybridized carbons (Fsp3) is 0.0400. The minimum atomic E-state index is -0.982. The van der Waals surface area contributed by atoms with Crippen molar-refractivity contribution in [2.45, 2.75) is 4.90 Å². The second-order valence-electron chi connectivity index (χ2n) is 6.53. The highest BCUT2D eigenvalue weighted by Crippen LogP contribution is 2.35. The second-order valence-corrected chi connectivity index (χ2v) is 7.91. The summed E-state index contributed by atoms with van der Waals surface area (Å²) in [4.78, 5) is 3.04. The summed E-state index contributed by atoms with van der Waals surface area (Å²) in [5.74, 6) is 0. The van der Waals surface area contributed by atoms with Gasteiger partial charge in [-0.2, -0.15) is 0 Å². The summed E-state index contributed by atoms with van der Waals surface area (Å²) in [6.45, 7) is 0. The second kappa shape index (κ2) is 8.24. The standard InChI is InChI=1S/C25H21NOS/c1-28(27)25-18-16-24(17-19-25)26(22-10-6-3-7-11-22)23-14-12-21(13-15-23)20-8-4-2-5-9-20/h2-19H,1H3. The van der Waals surface area contributed by atoms with Gasteiger partial charge < -0.3 is 4.90 Å². The first-order valence-electron chi connectivity index (χ1n) is 9.16. The Morgan fingerprint density at radius 2 is 0.964 bits per heavy atom. The first-order chi connectivity index (χ1) is 13.7. The van der Waals surface area contributed by atoms with Crippen LogP contribution in [0.5, 0.6) is 0 Å². The van der Waals surface area contributed by atoms with Crippen LogP contribution in [0.3, 0.4) is 0 Å². The van der Waals surface area contributed by atoms with E-state index < -0.39 is 10.8 Å². The van der Waals surface area contributed by atoms with E-state index >= 15 is 0 Å². The Bertz CT molecular complexity index is 1060. The molecule has 0 saturated heterocycles. The van der Waals surface area contributed by atoms with Crippen molar-refractivity contribution in [3.8, 4) is 11.1 Å². The molecule has 0 saturated carbocycles. The molecule has 0 spiro atoms. The molecule has 1 unspecified atom stereocenters. The molecule has 0 radical (unpaired) electrons. The average molecular weight is 384 g/mol. The van der Waals surface area contributed by atoms with E-state index in [9.17, 15) is 4.21 Å². The molecule has 0 aromatic heterocycles. The third-order valence-electron chi connectivity index (χ3n) is 4.67. The lowest BCUT2D eigenvalue weighted by Gasteiger charge is -2.25. The smallest absolute Gasteiger partial charge is 0.0498 e. The van der Waals surface area contributed by atoms with E-state index in [0.29, 0.717) is 0 Å². The van der Waals surface area contributed by atoms with Gasteiger partial charge in [-0.05, 0) is 59.7 Å². The van der Waals surface area contributed by atoms with Crippen molar-refractivity contribution in [2.24, 2.45) is 0 Å². The minimum absolute atomic E-state index is 0.830. The van der Waals surface area contributed by atoms with Crippen molar-refractivity contribution < 1.29 is 4.21 Å². The fourth-order valence-corrected chi connectivity index (χ4v) is 3.76. The molecule has 0 aliphatic rings. The first-order valence-corrected chi connectivity index (χ1v) is 10.7. The molecule has 0 N–H and O–H groups in total. The van der Waals surface area contributed by atoms with Crippen molar-refractivity contribution in [3.63, 3.8) is 0 Å². The Kier molecular flexibility index (Phi) is 5.36. The third kappa shape index (κ3) is 3.90. The van der Waals surface area contributed by atoms with Crippen LogP contribution in [0, 0.1) is 0 Å². The lowest BCUT2D eigenvalue weighted by atomic mass is 10.0. The van der Waals surface area contributed by atoms with Crippen LogP contribution in [0.4, 0.5) is 17.1 Å². The van der Waals surface area contributed by atoms with Crippen LogP contribution < -0.4 is 4.90 Å². The molecular formula is C25H21NOS. The SMILES string of the molecule is CS(=O)c1ccc(N(c2ccccc2)c2ccc(-c3ccccc3)cc2)cc1. The number of para-hydroxylation sites is 1. The van der Waals surface area contributed by atoms with E-state index in [1.165, 1.54) is 11.1 Å². The van der Waals surface area contributed by atoms with E-state index in [2.05, 4.69) is 65.6 Å². The van der Waals surface area contributed by atoms with E-state index in [-0.39, 0.29) is 0 Å². The van der Waals surface area contributed by atoms with Gasteiger partial charge in [0.1, 0.15) is 0 Å². The quantitative estimate of drug-likeness (QED) is 0.389. The normalized spacial score (nSPS) is 11.8. The van der Waals surface area contributed by atoms with Crippen LogP contribution in [0.15, 0.2) is 114 Å². The van der Waals surface area contributed by atoms with Crippen LogP contribution in [-0.4, -0.2) is 10.5 Å². The Labute approximate surface area is 168 Å². The van der Waals surface area contributed by atoms with E-state index in [1.54, 1.807) is 6.26 Å². The monoisotopic (exact) mass is 383 g/mol. The number of anilines is 3. The van der Waals surface area contributed by atoms with Gasteiger partial charge in [-0.3, -0.25) is 4.21 Å². The van der Waals surface area contributed by atoms with Crippen LogP contribution in [0.1, 0.15) is 0 Å². The van der Waals surface area contributed by atoms with Gasteiger partial charge in [0.2, 0.25) is 0 Å². The number of benzene rings is 4. The van der Waals surface area contributed by atoms with Gasteiger partial charge in [0.25, 0.3) is 0 Å². The van der Waals surface area contributed by atoms with E-state index in [4.69, 9.17) is 0 Å². The molecule has 0 fully saturated rings. The predicted octanol–water partition coefficient (Wildman–Crippen LogP) is 6.56. The van der Waals surface area contributed by atoms with Gasteiger partial charge in [-0.15, -0.1) is 0 Å². The highest BCUT2D eigenvalue weighted by molar-refractivity contribution is 7.84. The van der Waals surface area contributed by atoms with Crippen molar-refractivity contribution in [1.82, 2.24) is 0 Å². The fourth-order valence-electron chi connectivity index (χ4n) is 3.24. The number of rotatable bonds is 5. The Morgan fingerprint density at radius 1 is 0.536 bits per heavy atom. The molecule has 0 aliphatic carbocycles. The Morgan fingerprint density at radius 3 is 1.50 bits per heavy atom. The zero-order valence-corrected chi connectivity index (χ0v) is 16.5. The highest BCUT2D eigenvalue weighted by Gasteiger charge is 2.12. The summed E-state index contributed by atoms with van der Waals surface area (Å²) in [7, 11) is -0.982. The van der Waals surface area contributed by atoms with Crippen molar-refractivity contribution in [1.29, 1.82) is 0 Å². The maximum Gasteiger partial charge on any atom is 0.0498 e. The number of nitrogens with zero attached hydrogens (tertiary/aromatic N) is 1. The molecule has 28 heavy (non-hydrogen) atoms. The minimum Gasteiger partial charge on any atom is -0.311 e. The molecule has 138 valence electrons. The van der Waals surface area contributed by atoms with Crippen molar-refractivity contribution in [2.75, 3.05) is 11.2 Å². The van der Waals surface area contributed by atoms with Gasteiger partial charge >= 0.3 is 0 Å². The lowest BCUT2D eigenvalue weighted by molar-refractivity contribution is 0.687. The van der Waals surface area contributed by atoms with Crippen LogP contribution in [-0.2, 0) is 10.8 Å². The number of hydrogen-bond donors (Lipinski definition) is 0. The summed E-state index contributed by atoms with van der Waals surface area (Å²) in [6.07, 6.45) is 1.70. The molecule has 2 nitrogen and oxygen atoms in total. The lowest BCUT2D eigenvalue weighted by Crippen LogP contribution is -2.09. The summed E-state index contributed by atoms with van der Waals surface area (Å²) in [5, 5.41) is 0. The largest absolute Gasteiger partial charge is 0.311 e. The van der Waals surface area contributed by atoms with E-state index in [0.717, 1.165) is 22.0 Å². The maximum atomic E-state index is 11.7. The van der Waals surface area contributed by atoms with Crippen molar-refractivity contribution in [3.05, 3.63) is 109 Å². The van der Waals surface area contributed by atoms with Crippen LogP contribution in [0.25, 0.3) is 11.1 Å². The Hall–Kier alpha value is -3.17. The molecule has 0 heterocycles. The van der Waals surface area contributed by atoms with Gasteiger partial charge in [0.05, 0.1) is 0 Å². The average Bonchev–Trinajstić information content (AvgIpc) is 2.76. The molecule has 3 heteroatoms. The first kappa shape index (κ1) is 18.2. The maximum absolute atomic E-state index is 11.7. The highest BCUT2D eigenvalue weighted by atomic mass is 32.2. The molecule has 0 aliphatic heterocycles. The molecule has 4 aromatic carbocycles. The molecule has 4 aromatic rings. The molecule has 4 rings (SSSR count). The van der Waals surface area contributed by atoms with Crippen LogP contribution >= 0.6 is 0 Å². The van der Waals surface area contributed by atoms with Gasteiger partial charge in [-0.1, -0.05) is 60.7 Å². The molecule has 0 amide bonds. The summed E-state index contributed by atoms with van der Waals surface area (Å²) >= 11 is 0. The van der Waals surface area contributed by atoms with Crippen molar-refractivity contribution >= 4 is 27.9 Å². The topological polar surface area (TPSA) is 20.3 Å². The molecule has 0 bridgehead atoms. The zero-order valence-electron chi connectivity index (χ0n) is 15.7. The van der Waals surface area contributed by atoms with Gasteiger partial charge in [-0.25, -0.2) is 0 Å². The Balaban J connectivity index is 1.75. The molecule has 1 atom stereocenters. The summed E-state index contributed by atoms with van der Waals surface area (Å²) < 4.78 is 11.7. The summed E-state index contributed by atoms with van der Waals surface area (Å²) in [6, 6.07) is 37.1. The summed E-state index contributed by atoms with van der Waals surface area (Å²) in [5.41, 5.74) is 5.59. The predicted molar refractivity (Wildman–Crippen MR) is 119 cm³/mol. The third-order valence-corrected chi connectivity index (χ3v) is 5.61. The van der Waals surface area contributed by atoms with Gasteiger partial charge in [0.15, 0.2) is 0 Å².